The van der Waals surface area contributed by atoms with Gasteiger partial charge in [-0.15, -0.1) is 11.6 Å². The molecule has 0 heterocycles. The maximum Gasteiger partial charge on any atom is 0.211 e. The predicted molar refractivity (Wildman–Crippen MR) is 140 cm³/mol. The molecule has 7 heteroatoms. The predicted octanol–water partition coefficient (Wildman–Crippen LogP) is 7.01. The molecule has 1 unspecified atom stereocenters. The third-order valence-electron chi connectivity index (χ3n) is 5.54. The van der Waals surface area contributed by atoms with Crippen LogP contribution in [0.2, 0.25) is 0 Å². The van der Waals surface area contributed by atoms with Crippen molar-refractivity contribution in [2.75, 3.05) is 43.4 Å². The first-order chi connectivity index (χ1) is 15.1. The van der Waals surface area contributed by atoms with Crippen molar-refractivity contribution >= 4 is 33.4 Å². The van der Waals surface area contributed by atoms with Gasteiger partial charge in [0.15, 0.2) is 0 Å². The van der Waals surface area contributed by atoms with Crippen LogP contribution in [0.4, 0.5) is 0 Å². The zero-order valence-electron chi connectivity index (χ0n) is 20.3. The smallest absolute Gasteiger partial charge is 0.211 e. The number of hydrogen-bond donors (Lipinski definition) is 1. The van der Waals surface area contributed by atoms with Crippen LogP contribution in [0.3, 0.4) is 0 Å². The van der Waals surface area contributed by atoms with E-state index in [0.29, 0.717) is 25.5 Å². The highest BCUT2D eigenvalue weighted by Crippen LogP contribution is 2.15. The fraction of sp³-hybridized carbons (Fsp3) is 1.00. The van der Waals surface area contributed by atoms with E-state index in [1.54, 1.807) is 7.11 Å². The van der Waals surface area contributed by atoms with Crippen LogP contribution in [0.15, 0.2) is 0 Å². The molecule has 0 rings (SSSR count). The average Bonchev–Trinajstić information content (AvgIpc) is 2.75. The van der Waals surface area contributed by atoms with Crippen molar-refractivity contribution in [1.82, 2.24) is 4.72 Å². The number of thioether (sulfide) groups is 1. The molecule has 0 aliphatic rings. The fourth-order valence-corrected chi connectivity index (χ4v) is 6.18. The third kappa shape index (κ3) is 23.5. The van der Waals surface area contributed by atoms with Crippen molar-refractivity contribution in [2.45, 2.75) is 103 Å². The zero-order valence-corrected chi connectivity index (χ0v) is 22.7. The number of unbranched alkanes of at least 4 members (excludes halogenated alkanes) is 13. The van der Waals surface area contributed by atoms with Gasteiger partial charge in [-0.2, -0.15) is 11.8 Å². The Labute approximate surface area is 203 Å². The number of nitrogens with one attached hydrogen (secondary N) is 1. The summed E-state index contributed by atoms with van der Waals surface area (Å²) < 4.78 is 31.8. The Morgan fingerprint density at radius 1 is 0.839 bits per heavy atom. The van der Waals surface area contributed by atoms with Gasteiger partial charge in [0.1, 0.15) is 0 Å². The molecule has 0 aromatic heterocycles. The summed E-state index contributed by atoms with van der Waals surface area (Å²) in [5, 5.41) is 0. The Balaban J connectivity index is 3.51. The highest BCUT2D eigenvalue weighted by atomic mass is 35.5. The van der Waals surface area contributed by atoms with Crippen molar-refractivity contribution in [3.05, 3.63) is 0 Å². The lowest BCUT2D eigenvalue weighted by atomic mass is 10.0. The summed E-state index contributed by atoms with van der Waals surface area (Å²) in [7, 11) is -1.54. The molecule has 0 spiro atoms. The first-order valence-corrected chi connectivity index (χ1v) is 16.0. The number of hydrogen-bond acceptors (Lipinski definition) is 4. The van der Waals surface area contributed by atoms with E-state index in [9.17, 15) is 8.42 Å². The lowest BCUT2D eigenvalue weighted by Gasteiger charge is -2.16. The Morgan fingerprint density at radius 3 is 1.84 bits per heavy atom. The third-order valence-corrected chi connectivity index (χ3v) is 8.52. The summed E-state index contributed by atoms with van der Waals surface area (Å²) in [6.07, 6.45) is 19.9. The monoisotopic (exact) mass is 499 g/mol. The molecule has 1 atom stereocenters. The second-order valence-electron chi connectivity index (χ2n) is 8.70. The van der Waals surface area contributed by atoms with E-state index in [4.69, 9.17) is 16.3 Å². The van der Waals surface area contributed by atoms with E-state index in [2.05, 4.69) is 11.6 Å². The lowest BCUT2D eigenvalue weighted by Crippen LogP contribution is -2.34. The Morgan fingerprint density at radius 2 is 1.35 bits per heavy atom. The molecule has 0 aliphatic carbocycles. The number of halogens is 1. The fourth-order valence-electron chi connectivity index (χ4n) is 3.61. The minimum absolute atomic E-state index is 0.0996. The van der Waals surface area contributed by atoms with Gasteiger partial charge in [0.25, 0.3) is 0 Å². The second kappa shape index (κ2) is 23.7. The molecule has 0 aromatic carbocycles. The SMILES string of the molecule is CCCCCCCCCCCCCCCCSCC(CNS(=O)(=O)CCCCl)COC. The van der Waals surface area contributed by atoms with Gasteiger partial charge in [0, 0.05) is 25.5 Å². The first-order valence-electron chi connectivity index (χ1n) is 12.7. The summed E-state index contributed by atoms with van der Waals surface area (Å²) in [5.41, 5.74) is 0. The van der Waals surface area contributed by atoms with Gasteiger partial charge in [-0.25, -0.2) is 13.1 Å². The lowest BCUT2D eigenvalue weighted by molar-refractivity contribution is 0.163. The Bertz CT molecular complexity index is 464. The van der Waals surface area contributed by atoms with Crippen LogP contribution in [0, 0.1) is 5.92 Å². The summed E-state index contributed by atoms with van der Waals surface area (Å²) in [6.45, 7) is 3.31. The van der Waals surface area contributed by atoms with Crippen LogP contribution in [-0.4, -0.2) is 51.8 Å². The zero-order chi connectivity index (χ0) is 23.0. The molecule has 0 saturated carbocycles. The van der Waals surface area contributed by atoms with E-state index >= 15 is 0 Å². The number of alkyl halides is 1. The molecule has 0 aromatic rings. The van der Waals surface area contributed by atoms with E-state index in [1.165, 1.54) is 89.9 Å². The standard InChI is InChI=1S/C24H50ClNO3S2/c1-3-4-5-6-7-8-9-10-11-12-13-14-15-16-19-30-23-24(22-29-2)21-26-31(27,28)20-17-18-25/h24,26H,3-23H2,1-2H3. The normalized spacial score (nSPS) is 13.0. The molecule has 0 amide bonds. The maximum absolute atomic E-state index is 11.9. The van der Waals surface area contributed by atoms with E-state index in [-0.39, 0.29) is 11.7 Å². The van der Waals surface area contributed by atoms with Crippen molar-refractivity contribution < 1.29 is 13.2 Å². The van der Waals surface area contributed by atoms with Gasteiger partial charge < -0.3 is 4.74 Å². The number of rotatable bonds is 25. The molecule has 0 bridgehead atoms. The van der Waals surface area contributed by atoms with Crippen molar-refractivity contribution in [1.29, 1.82) is 0 Å². The summed E-state index contributed by atoms with van der Waals surface area (Å²) >= 11 is 7.50. The minimum atomic E-state index is -3.22. The molecule has 0 fully saturated rings. The molecule has 0 saturated heterocycles. The number of ether oxygens (including phenoxy) is 1. The van der Waals surface area contributed by atoms with Gasteiger partial charge >= 0.3 is 0 Å². The number of sulfonamides is 1. The van der Waals surface area contributed by atoms with Crippen LogP contribution >= 0.6 is 23.4 Å². The molecule has 0 radical (unpaired) electrons. The van der Waals surface area contributed by atoms with Crippen molar-refractivity contribution in [3.63, 3.8) is 0 Å². The molecule has 4 nitrogen and oxygen atoms in total. The second-order valence-corrected chi connectivity index (χ2v) is 12.2. The molecular weight excluding hydrogens is 450 g/mol. The van der Waals surface area contributed by atoms with Crippen LogP contribution in [0.1, 0.15) is 103 Å². The highest BCUT2D eigenvalue weighted by molar-refractivity contribution is 7.99. The molecule has 0 aliphatic heterocycles. The molecule has 188 valence electrons. The summed E-state index contributed by atoms with van der Waals surface area (Å²) in [4.78, 5) is 0. The van der Waals surface area contributed by atoms with E-state index in [1.807, 2.05) is 11.8 Å². The molecular formula is C24H50ClNO3S2. The Hall–Kier alpha value is 0.510. The molecule has 1 N–H and O–H groups in total. The van der Waals surface area contributed by atoms with Gasteiger partial charge in [-0.3, -0.25) is 0 Å². The van der Waals surface area contributed by atoms with Gasteiger partial charge in [0.05, 0.1) is 12.4 Å². The Kier molecular flexibility index (Phi) is 24.1. The quantitative estimate of drug-likeness (QED) is 0.108. The number of methoxy groups -OCH3 is 1. The van der Waals surface area contributed by atoms with Crippen molar-refractivity contribution in [2.24, 2.45) is 5.92 Å². The molecule has 31 heavy (non-hydrogen) atoms. The topological polar surface area (TPSA) is 55.4 Å². The maximum atomic E-state index is 11.9. The largest absolute Gasteiger partial charge is 0.384 e. The average molecular weight is 500 g/mol. The van der Waals surface area contributed by atoms with Gasteiger partial charge in [-0.05, 0) is 24.3 Å². The van der Waals surface area contributed by atoms with E-state index in [0.717, 1.165) is 11.5 Å². The van der Waals surface area contributed by atoms with Gasteiger partial charge in [0.2, 0.25) is 10.0 Å². The minimum Gasteiger partial charge on any atom is -0.384 e. The van der Waals surface area contributed by atoms with E-state index < -0.39 is 10.0 Å². The van der Waals surface area contributed by atoms with Crippen LogP contribution in [0.5, 0.6) is 0 Å². The van der Waals surface area contributed by atoms with Crippen LogP contribution in [0.25, 0.3) is 0 Å². The first kappa shape index (κ1) is 31.5. The van der Waals surface area contributed by atoms with Crippen LogP contribution < -0.4 is 4.72 Å². The summed E-state index contributed by atoms with van der Waals surface area (Å²) in [6, 6.07) is 0. The van der Waals surface area contributed by atoms with Crippen LogP contribution in [-0.2, 0) is 14.8 Å². The highest BCUT2D eigenvalue weighted by Gasteiger charge is 2.14. The summed E-state index contributed by atoms with van der Waals surface area (Å²) in [5.74, 6) is 2.77. The van der Waals surface area contributed by atoms with Gasteiger partial charge in [-0.1, -0.05) is 90.4 Å². The van der Waals surface area contributed by atoms with Crippen molar-refractivity contribution in [3.8, 4) is 0 Å².